The summed E-state index contributed by atoms with van der Waals surface area (Å²) in [5.74, 6) is -0.938. The zero-order valence-electron chi connectivity index (χ0n) is 10.4. The van der Waals surface area contributed by atoms with Crippen LogP contribution in [0.5, 0.6) is 0 Å². The smallest absolute Gasteiger partial charge is 0.348 e. The number of fused-ring (bicyclic) bond motifs is 1. The molecule has 0 amide bonds. The second kappa shape index (κ2) is 4.98. The van der Waals surface area contributed by atoms with Gasteiger partial charge in [-0.25, -0.2) is 4.79 Å². The number of aryl methyl sites for hydroxylation is 2. The summed E-state index contributed by atoms with van der Waals surface area (Å²) in [4.78, 5) is 14.9. The lowest BCUT2D eigenvalue weighted by molar-refractivity contribution is 0.0703. The molecule has 3 rings (SSSR count). The van der Waals surface area contributed by atoms with Crippen LogP contribution in [-0.4, -0.2) is 11.1 Å². The number of carboxylic acid groups (broad SMARTS) is 1. The first-order valence-electron chi connectivity index (χ1n) is 6.39. The summed E-state index contributed by atoms with van der Waals surface area (Å²) >= 11 is 3.07. The van der Waals surface area contributed by atoms with Gasteiger partial charge in [0.15, 0.2) is 0 Å². The Hall–Kier alpha value is -1.33. The SMILES string of the molecule is Nc1cc(-c2cc3c(s2)CCCCC3)sc1C(=O)O. The maximum absolute atomic E-state index is 11.0. The maximum atomic E-state index is 11.0. The lowest BCUT2D eigenvalue weighted by Gasteiger charge is -1.92. The van der Waals surface area contributed by atoms with E-state index in [0.29, 0.717) is 5.69 Å². The van der Waals surface area contributed by atoms with Gasteiger partial charge in [-0.2, -0.15) is 0 Å². The van der Waals surface area contributed by atoms with Crippen LogP contribution in [0.25, 0.3) is 9.75 Å². The molecule has 0 saturated heterocycles. The second-order valence-electron chi connectivity index (χ2n) is 4.82. The summed E-state index contributed by atoms with van der Waals surface area (Å²) in [5.41, 5.74) is 7.58. The van der Waals surface area contributed by atoms with Crippen molar-refractivity contribution in [3.8, 4) is 9.75 Å². The van der Waals surface area contributed by atoms with Gasteiger partial charge in [-0.05, 0) is 43.4 Å². The zero-order chi connectivity index (χ0) is 13.4. The van der Waals surface area contributed by atoms with Crippen molar-refractivity contribution in [3.05, 3.63) is 27.5 Å². The average molecular weight is 293 g/mol. The maximum Gasteiger partial charge on any atom is 0.348 e. The number of thiophene rings is 2. The Morgan fingerprint density at radius 3 is 2.58 bits per heavy atom. The van der Waals surface area contributed by atoms with E-state index in [4.69, 9.17) is 10.8 Å². The molecule has 0 bridgehead atoms. The van der Waals surface area contributed by atoms with Crippen LogP contribution in [0.15, 0.2) is 12.1 Å². The predicted molar refractivity (Wildman–Crippen MR) is 80.3 cm³/mol. The Labute approximate surface area is 119 Å². The van der Waals surface area contributed by atoms with E-state index in [1.807, 2.05) is 0 Å². The fourth-order valence-corrected chi connectivity index (χ4v) is 4.73. The largest absolute Gasteiger partial charge is 0.477 e. The third-order valence-electron chi connectivity index (χ3n) is 3.44. The van der Waals surface area contributed by atoms with Crippen LogP contribution >= 0.6 is 22.7 Å². The molecule has 0 saturated carbocycles. The van der Waals surface area contributed by atoms with Gasteiger partial charge in [-0.15, -0.1) is 22.7 Å². The third kappa shape index (κ3) is 2.40. The van der Waals surface area contributed by atoms with E-state index in [2.05, 4.69) is 6.07 Å². The number of hydrogen-bond acceptors (Lipinski definition) is 4. The molecule has 0 radical (unpaired) electrons. The third-order valence-corrected chi connectivity index (χ3v) is 6.02. The fourth-order valence-electron chi connectivity index (χ4n) is 2.48. The minimum absolute atomic E-state index is 0.249. The van der Waals surface area contributed by atoms with Crippen molar-refractivity contribution >= 4 is 34.3 Å². The highest BCUT2D eigenvalue weighted by Crippen LogP contribution is 2.40. The van der Waals surface area contributed by atoms with Crippen molar-refractivity contribution in [1.82, 2.24) is 0 Å². The Morgan fingerprint density at radius 1 is 1.11 bits per heavy atom. The van der Waals surface area contributed by atoms with Crippen molar-refractivity contribution in [3.63, 3.8) is 0 Å². The summed E-state index contributed by atoms with van der Waals surface area (Å²) in [6, 6.07) is 4.02. The summed E-state index contributed by atoms with van der Waals surface area (Å²) in [6.45, 7) is 0. The molecule has 1 aliphatic carbocycles. The number of nitrogen functional groups attached to an aromatic ring is 1. The standard InChI is InChI=1S/C14H15NO2S2/c15-9-7-12(19-13(9)14(16)17)11-6-8-4-2-1-3-5-10(8)18-11/h6-7H,1-5,15H2,(H,16,17). The lowest BCUT2D eigenvalue weighted by Crippen LogP contribution is -1.96. The van der Waals surface area contributed by atoms with E-state index < -0.39 is 5.97 Å². The average Bonchev–Trinajstić information content (AvgIpc) is 2.88. The summed E-state index contributed by atoms with van der Waals surface area (Å²) in [6.07, 6.45) is 6.15. The molecule has 19 heavy (non-hydrogen) atoms. The number of nitrogens with two attached hydrogens (primary N) is 1. The van der Waals surface area contributed by atoms with E-state index in [1.54, 1.807) is 17.4 Å². The quantitative estimate of drug-likeness (QED) is 0.822. The van der Waals surface area contributed by atoms with Gasteiger partial charge >= 0.3 is 5.97 Å². The van der Waals surface area contributed by atoms with E-state index in [1.165, 1.54) is 41.0 Å². The number of hydrogen-bond donors (Lipinski definition) is 2. The molecule has 100 valence electrons. The Balaban J connectivity index is 1.98. The molecule has 0 spiro atoms. The number of carbonyl (C=O) groups is 1. The van der Waals surface area contributed by atoms with E-state index in [-0.39, 0.29) is 4.88 Å². The Bertz CT molecular complexity index is 604. The molecular formula is C14H15NO2S2. The second-order valence-corrected chi connectivity index (χ2v) is 7.01. The molecule has 0 fully saturated rings. The molecule has 3 nitrogen and oxygen atoms in total. The van der Waals surface area contributed by atoms with Gasteiger partial charge in [-0.1, -0.05) is 6.42 Å². The van der Waals surface area contributed by atoms with Gasteiger partial charge in [0.05, 0.1) is 5.69 Å². The molecule has 0 atom stereocenters. The zero-order valence-corrected chi connectivity index (χ0v) is 12.1. The first kappa shape index (κ1) is 12.7. The Morgan fingerprint density at radius 2 is 1.84 bits per heavy atom. The van der Waals surface area contributed by atoms with Crippen LogP contribution in [0.4, 0.5) is 5.69 Å². The molecule has 2 aromatic rings. The van der Waals surface area contributed by atoms with Gasteiger partial charge in [-0.3, -0.25) is 0 Å². The van der Waals surface area contributed by atoms with Crippen LogP contribution in [0.3, 0.4) is 0 Å². The topological polar surface area (TPSA) is 63.3 Å². The monoisotopic (exact) mass is 293 g/mol. The predicted octanol–water partition coefficient (Wildman–Crippen LogP) is 4.03. The molecule has 2 heterocycles. The number of carboxylic acids is 1. The van der Waals surface area contributed by atoms with Crippen LogP contribution in [0.1, 0.15) is 39.4 Å². The minimum atomic E-state index is -0.938. The highest BCUT2D eigenvalue weighted by Gasteiger charge is 2.18. The van der Waals surface area contributed by atoms with E-state index in [0.717, 1.165) is 22.6 Å². The minimum Gasteiger partial charge on any atom is -0.477 e. The fraction of sp³-hybridized carbons (Fsp3) is 0.357. The molecule has 2 aromatic heterocycles. The van der Waals surface area contributed by atoms with E-state index >= 15 is 0 Å². The van der Waals surface area contributed by atoms with Gasteiger partial charge < -0.3 is 10.8 Å². The molecule has 0 unspecified atom stereocenters. The van der Waals surface area contributed by atoms with Crippen LogP contribution in [0, 0.1) is 0 Å². The summed E-state index contributed by atoms with van der Waals surface area (Å²) in [5, 5.41) is 9.06. The van der Waals surface area contributed by atoms with Crippen LogP contribution in [0.2, 0.25) is 0 Å². The van der Waals surface area contributed by atoms with Gasteiger partial charge in [0.2, 0.25) is 0 Å². The first-order valence-corrected chi connectivity index (χ1v) is 8.03. The van der Waals surface area contributed by atoms with Crippen molar-refractivity contribution in [1.29, 1.82) is 0 Å². The molecule has 0 aliphatic heterocycles. The lowest BCUT2D eigenvalue weighted by atomic mass is 10.1. The Kier molecular flexibility index (Phi) is 3.33. The van der Waals surface area contributed by atoms with Crippen molar-refractivity contribution in [2.24, 2.45) is 0 Å². The highest BCUT2D eigenvalue weighted by molar-refractivity contribution is 7.23. The van der Waals surface area contributed by atoms with Crippen LogP contribution in [-0.2, 0) is 12.8 Å². The molecule has 5 heteroatoms. The van der Waals surface area contributed by atoms with Crippen LogP contribution < -0.4 is 5.73 Å². The number of aromatic carboxylic acids is 1. The summed E-state index contributed by atoms with van der Waals surface area (Å²) in [7, 11) is 0. The molecule has 1 aliphatic rings. The highest BCUT2D eigenvalue weighted by atomic mass is 32.1. The van der Waals surface area contributed by atoms with E-state index in [9.17, 15) is 4.79 Å². The van der Waals surface area contributed by atoms with Crippen molar-refractivity contribution in [2.75, 3.05) is 5.73 Å². The molecule has 0 aromatic carbocycles. The molecule has 3 N–H and O–H groups in total. The number of anilines is 1. The van der Waals surface area contributed by atoms with Gasteiger partial charge in [0, 0.05) is 14.6 Å². The first-order chi connectivity index (χ1) is 9.15. The molecular weight excluding hydrogens is 278 g/mol. The van der Waals surface area contributed by atoms with Gasteiger partial charge in [0.25, 0.3) is 0 Å². The normalized spacial score (nSPS) is 14.9. The summed E-state index contributed by atoms with van der Waals surface area (Å²) < 4.78 is 0. The van der Waals surface area contributed by atoms with Crippen molar-refractivity contribution in [2.45, 2.75) is 32.1 Å². The van der Waals surface area contributed by atoms with Gasteiger partial charge in [0.1, 0.15) is 4.88 Å². The number of rotatable bonds is 2. The van der Waals surface area contributed by atoms with Crippen molar-refractivity contribution < 1.29 is 9.90 Å².